The van der Waals surface area contributed by atoms with Crippen LogP contribution in [0.4, 0.5) is 4.39 Å². The van der Waals surface area contributed by atoms with Gasteiger partial charge in [-0.3, -0.25) is 0 Å². The van der Waals surface area contributed by atoms with Crippen LogP contribution in [-0.2, 0) is 0 Å². The minimum atomic E-state index is -1.10. The van der Waals surface area contributed by atoms with Gasteiger partial charge in [0.05, 0.1) is 6.04 Å². The van der Waals surface area contributed by atoms with Gasteiger partial charge >= 0.3 is 5.97 Å². The monoisotopic (exact) mass is 332 g/mol. The van der Waals surface area contributed by atoms with E-state index in [-0.39, 0.29) is 23.1 Å². The van der Waals surface area contributed by atoms with Crippen LogP contribution < -0.4 is 5.32 Å². The Kier molecular flexibility index (Phi) is 4.94. The normalized spacial score (nSPS) is 16.4. The predicted molar refractivity (Wildman–Crippen MR) is 87.2 cm³/mol. The molecule has 0 aliphatic heterocycles. The summed E-state index contributed by atoms with van der Waals surface area (Å²) >= 11 is 0. The number of halogens is 1. The number of benzene rings is 1. The van der Waals surface area contributed by atoms with Crippen molar-refractivity contribution in [3.8, 4) is 11.3 Å². The molecule has 1 heterocycles. The maximum atomic E-state index is 13.1. The molecule has 0 saturated heterocycles. The third-order valence-corrected chi connectivity index (χ3v) is 4.63. The van der Waals surface area contributed by atoms with Gasteiger partial charge in [-0.15, -0.1) is 0 Å². The van der Waals surface area contributed by atoms with Crippen LogP contribution in [0.3, 0.4) is 0 Å². The molecule has 2 N–H and O–H groups in total. The molecule has 1 aromatic heterocycles. The van der Waals surface area contributed by atoms with Crippen molar-refractivity contribution in [3.05, 3.63) is 41.4 Å². The minimum absolute atomic E-state index is 0.0352. The van der Waals surface area contributed by atoms with Crippen molar-refractivity contribution < 1.29 is 18.8 Å². The highest BCUT2D eigenvalue weighted by Gasteiger charge is 2.27. The van der Waals surface area contributed by atoms with E-state index in [0.29, 0.717) is 17.2 Å². The van der Waals surface area contributed by atoms with Crippen LogP contribution in [0, 0.1) is 11.7 Å². The van der Waals surface area contributed by atoms with E-state index in [4.69, 9.17) is 4.52 Å². The van der Waals surface area contributed by atoms with E-state index in [2.05, 4.69) is 10.5 Å². The SMILES string of the molecule is CC(NCC1CCCC1)c1onc(-c2ccc(F)cc2)c1C(=O)O. The Morgan fingerprint density at radius 3 is 2.67 bits per heavy atom. The molecular formula is C18H21FN2O3. The largest absolute Gasteiger partial charge is 0.477 e. The summed E-state index contributed by atoms with van der Waals surface area (Å²) in [5.41, 5.74) is 0.784. The van der Waals surface area contributed by atoms with Crippen LogP contribution in [0.5, 0.6) is 0 Å². The second-order valence-corrected chi connectivity index (χ2v) is 6.36. The van der Waals surface area contributed by atoms with Gasteiger partial charge in [0.25, 0.3) is 0 Å². The van der Waals surface area contributed by atoms with Gasteiger partial charge in [-0.1, -0.05) is 18.0 Å². The molecule has 1 unspecified atom stereocenters. The molecule has 1 aliphatic carbocycles. The van der Waals surface area contributed by atoms with Crippen molar-refractivity contribution in [1.82, 2.24) is 10.5 Å². The lowest BCUT2D eigenvalue weighted by Crippen LogP contribution is -2.25. The van der Waals surface area contributed by atoms with E-state index >= 15 is 0 Å². The van der Waals surface area contributed by atoms with Gasteiger partial charge in [-0.25, -0.2) is 9.18 Å². The topological polar surface area (TPSA) is 75.4 Å². The van der Waals surface area contributed by atoms with Crippen LogP contribution in [0.15, 0.2) is 28.8 Å². The summed E-state index contributed by atoms with van der Waals surface area (Å²) in [5, 5.41) is 16.9. The van der Waals surface area contributed by atoms with Gasteiger partial charge < -0.3 is 14.9 Å². The fourth-order valence-electron chi connectivity index (χ4n) is 3.26. The van der Waals surface area contributed by atoms with Gasteiger partial charge in [0.2, 0.25) is 0 Å². The number of carbonyl (C=O) groups is 1. The predicted octanol–water partition coefficient (Wildman–Crippen LogP) is 4.02. The Labute approximate surface area is 139 Å². The average molecular weight is 332 g/mol. The van der Waals surface area contributed by atoms with E-state index in [1.54, 1.807) is 0 Å². The second-order valence-electron chi connectivity index (χ2n) is 6.36. The molecule has 1 saturated carbocycles. The maximum absolute atomic E-state index is 13.1. The van der Waals surface area contributed by atoms with Crippen LogP contribution in [0.1, 0.15) is 54.8 Å². The zero-order valence-corrected chi connectivity index (χ0v) is 13.6. The molecule has 128 valence electrons. The summed E-state index contributed by atoms with van der Waals surface area (Å²) in [7, 11) is 0. The molecule has 1 fully saturated rings. The first kappa shape index (κ1) is 16.6. The summed E-state index contributed by atoms with van der Waals surface area (Å²) in [6.07, 6.45) is 4.95. The molecule has 1 aliphatic rings. The Bertz CT molecular complexity index is 706. The standard InChI is InChI=1S/C18H21FN2O3/c1-11(20-10-12-4-2-3-5-12)17-15(18(22)23)16(21-24-17)13-6-8-14(19)9-7-13/h6-9,11-12,20H,2-5,10H2,1H3,(H,22,23). The van der Waals surface area contributed by atoms with Crippen molar-refractivity contribution in [1.29, 1.82) is 0 Å². The van der Waals surface area contributed by atoms with Crippen LogP contribution >= 0.6 is 0 Å². The minimum Gasteiger partial charge on any atom is -0.477 e. The molecule has 6 heteroatoms. The lowest BCUT2D eigenvalue weighted by molar-refractivity contribution is 0.0694. The van der Waals surface area contributed by atoms with Gasteiger partial charge in [-0.2, -0.15) is 0 Å². The molecule has 0 spiro atoms. The highest BCUT2D eigenvalue weighted by Crippen LogP contribution is 2.30. The van der Waals surface area contributed by atoms with Gasteiger partial charge in [0.15, 0.2) is 5.76 Å². The number of hydrogen-bond acceptors (Lipinski definition) is 4. The Morgan fingerprint density at radius 1 is 1.38 bits per heavy atom. The number of carboxylic acid groups (broad SMARTS) is 1. The molecule has 0 amide bonds. The lowest BCUT2D eigenvalue weighted by Gasteiger charge is -2.15. The smallest absolute Gasteiger partial charge is 0.341 e. The zero-order valence-electron chi connectivity index (χ0n) is 13.6. The summed E-state index contributed by atoms with van der Waals surface area (Å²) in [6.45, 7) is 2.71. The Balaban J connectivity index is 1.82. The number of nitrogens with one attached hydrogen (secondary N) is 1. The first-order valence-corrected chi connectivity index (χ1v) is 8.28. The first-order chi connectivity index (χ1) is 11.6. The Morgan fingerprint density at radius 2 is 2.04 bits per heavy atom. The second kappa shape index (κ2) is 7.13. The van der Waals surface area contributed by atoms with Crippen molar-refractivity contribution in [2.24, 2.45) is 5.92 Å². The van der Waals surface area contributed by atoms with Crippen molar-refractivity contribution in [2.45, 2.75) is 38.6 Å². The molecule has 1 atom stereocenters. The van der Waals surface area contributed by atoms with Gasteiger partial charge in [0.1, 0.15) is 17.1 Å². The highest BCUT2D eigenvalue weighted by atomic mass is 19.1. The van der Waals surface area contributed by atoms with Crippen molar-refractivity contribution in [2.75, 3.05) is 6.54 Å². The summed E-state index contributed by atoms with van der Waals surface area (Å²) < 4.78 is 18.4. The third kappa shape index (κ3) is 3.48. The maximum Gasteiger partial charge on any atom is 0.341 e. The fourth-order valence-corrected chi connectivity index (χ4v) is 3.26. The van der Waals surface area contributed by atoms with E-state index in [1.165, 1.54) is 49.9 Å². The third-order valence-electron chi connectivity index (χ3n) is 4.63. The number of aromatic nitrogens is 1. The summed E-state index contributed by atoms with van der Waals surface area (Å²) in [6, 6.07) is 5.30. The molecular weight excluding hydrogens is 311 g/mol. The number of rotatable bonds is 6. The molecule has 2 aromatic rings. The van der Waals surface area contributed by atoms with E-state index < -0.39 is 5.97 Å². The number of hydrogen-bond donors (Lipinski definition) is 2. The van der Waals surface area contributed by atoms with Gasteiger partial charge in [0, 0.05) is 5.56 Å². The molecule has 0 bridgehead atoms. The van der Waals surface area contributed by atoms with Crippen LogP contribution in [-0.4, -0.2) is 22.8 Å². The fraction of sp³-hybridized carbons (Fsp3) is 0.444. The zero-order chi connectivity index (χ0) is 17.1. The highest BCUT2D eigenvalue weighted by molar-refractivity contribution is 5.95. The molecule has 0 radical (unpaired) electrons. The summed E-state index contributed by atoms with van der Waals surface area (Å²) in [5.74, 6) is -0.536. The molecule has 5 nitrogen and oxygen atoms in total. The number of carboxylic acids is 1. The number of aromatic carboxylic acids is 1. The van der Waals surface area contributed by atoms with E-state index in [1.807, 2.05) is 6.92 Å². The van der Waals surface area contributed by atoms with Crippen LogP contribution in [0.25, 0.3) is 11.3 Å². The van der Waals surface area contributed by atoms with Crippen molar-refractivity contribution in [3.63, 3.8) is 0 Å². The lowest BCUT2D eigenvalue weighted by atomic mass is 10.0. The average Bonchev–Trinajstić information content (AvgIpc) is 3.22. The van der Waals surface area contributed by atoms with E-state index in [0.717, 1.165) is 6.54 Å². The Hall–Kier alpha value is -2.21. The summed E-state index contributed by atoms with van der Waals surface area (Å²) in [4.78, 5) is 11.7. The van der Waals surface area contributed by atoms with E-state index in [9.17, 15) is 14.3 Å². The molecule has 3 rings (SSSR count). The molecule has 24 heavy (non-hydrogen) atoms. The first-order valence-electron chi connectivity index (χ1n) is 8.28. The van der Waals surface area contributed by atoms with Crippen LogP contribution in [0.2, 0.25) is 0 Å². The number of nitrogens with zero attached hydrogens (tertiary/aromatic N) is 1. The quantitative estimate of drug-likeness (QED) is 0.835. The van der Waals surface area contributed by atoms with Gasteiger partial charge in [-0.05, 0) is 56.5 Å². The molecule has 1 aromatic carbocycles. The van der Waals surface area contributed by atoms with Crippen molar-refractivity contribution >= 4 is 5.97 Å².